The molecular weight excluding hydrogens is 284 g/mol. The molecule has 0 aliphatic carbocycles. The van der Waals surface area contributed by atoms with Gasteiger partial charge < -0.3 is 4.98 Å². The van der Waals surface area contributed by atoms with Gasteiger partial charge in [-0.2, -0.15) is 0 Å². The van der Waals surface area contributed by atoms with E-state index in [1.165, 1.54) is 0 Å². The first-order valence-corrected chi connectivity index (χ1v) is 6.48. The summed E-state index contributed by atoms with van der Waals surface area (Å²) in [6.45, 7) is 5.73. The van der Waals surface area contributed by atoms with Crippen LogP contribution in [-0.4, -0.2) is 9.97 Å². The molecule has 2 aromatic rings. The minimum Gasteiger partial charge on any atom is -0.364 e. The van der Waals surface area contributed by atoms with E-state index in [1.54, 1.807) is 17.4 Å². The number of nitrogens with zero attached hydrogens (tertiary/aromatic N) is 1. The van der Waals surface area contributed by atoms with E-state index in [4.69, 9.17) is 0 Å². The van der Waals surface area contributed by atoms with Gasteiger partial charge in [0.2, 0.25) is 0 Å². The van der Waals surface area contributed by atoms with Gasteiger partial charge in [-0.1, -0.05) is 24.8 Å². The SMILES string of the molecule is C=C/C=C\c1c(-c2csc(Br)n2)c[nH]c1C. The zero-order chi connectivity index (χ0) is 11.5. The number of aryl methyl sites for hydroxylation is 1. The molecule has 2 rings (SSSR count). The summed E-state index contributed by atoms with van der Waals surface area (Å²) >= 11 is 4.96. The van der Waals surface area contributed by atoms with Crippen molar-refractivity contribution in [2.45, 2.75) is 6.92 Å². The number of H-pyrrole nitrogens is 1. The van der Waals surface area contributed by atoms with Crippen LogP contribution in [0.5, 0.6) is 0 Å². The predicted molar refractivity (Wildman–Crippen MR) is 73.6 cm³/mol. The van der Waals surface area contributed by atoms with Crippen LogP contribution in [0, 0.1) is 6.92 Å². The molecule has 0 saturated carbocycles. The zero-order valence-corrected chi connectivity index (χ0v) is 11.2. The number of allylic oxidation sites excluding steroid dienone is 2. The maximum absolute atomic E-state index is 4.42. The second-order valence-corrected chi connectivity index (χ2v) is 5.46. The molecule has 0 spiro atoms. The van der Waals surface area contributed by atoms with Crippen molar-refractivity contribution in [3.05, 3.63) is 45.5 Å². The van der Waals surface area contributed by atoms with Crippen LogP contribution in [0.15, 0.2) is 34.2 Å². The van der Waals surface area contributed by atoms with E-state index >= 15 is 0 Å². The van der Waals surface area contributed by atoms with E-state index in [0.717, 1.165) is 26.4 Å². The molecule has 1 N–H and O–H groups in total. The van der Waals surface area contributed by atoms with E-state index in [-0.39, 0.29) is 0 Å². The van der Waals surface area contributed by atoms with Crippen LogP contribution < -0.4 is 0 Å². The predicted octanol–water partition coefficient (Wildman–Crippen LogP) is 4.41. The third-order valence-corrected chi connectivity index (χ3v) is 3.64. The van der Waals surface area contributed by atoms with E-state index in [2.05, 4.69) is 32.5 Å². The average Bonchev–Trinajstić information content (AvgIpc) is 2.82. The minimum atomic E-state index is 0.903. The Balaban J connectivity index is 2.49. The van der Waals surface area contributed by atoms with Gasteiger partial charge in [-0.15, -0.1) is 11.3 Å². The van der Waals surface area contributed by atoms with Gasteiger partial charge in [-0.05, 0) is 22.9 Å². The number of nitrogens with one attached hydrogen (secondary N) is 1. The standard InChI is InChI=1S/C12H11BrN2S/c1-3-4-5-9-8(2)14-6-10(9)11-7-16-12(13)15-11/h3-7,14H,1H2,2H3/b5-4-. The molecule has 4 heteroatoms. The van der Waals surface area contributed by atoms with Gasteiger partial charge in [0.1, 0.15) is 0 Å². The number of hydrogen-bond donors (Lipinski definition) is 1. The molecule has 0 saturated heterocycles. The van der Waals surface area contributed by atoms with Crippen molar-refractivity contribution in [3.8, 4) is 11.3 Å². The summed E-state index contributed by atoms with van der Waals surface area (Å²) in [6, 6.07) is 0. The lowest BCUT2D eigenvalue weighted by atomic mass is 10.1. The Morgan fingerprint density at radius 3 is 3.00 bits per heavy atom. The van der Waals surface area contributed by atoms with Crippen molar-refractivity contribution in [1.82, 2.24) is 9.97 Å². The molecule has 0 fully saturated rings. The van der Waals surface area contributed by atoms with Gasteiger partial charge in [0.25, 0.3) is 0 Å². The second kappa shape index (κ2) is 4.80. The summed E-state index contributed by atoms with van der Waals surface area (Å²) in [7, 11) is 0. The third kappa shape index (κ3) is 2.18. The Kier molecular flexibility index (Phi) is 3.41. The maximum atomic E-state index is 4.42. The molecule has 0 bridgehead atoms. The smallest absolute Gasteiger partial charge is 0.159 e. The van der Waals surface area contributed by atoms with Crippen LogP contribution in [0.2, 0.25) is 0 Å². The highest BCUT2D eigenvalue weighted by Gasteiger charge is 2.10. The van der Waals surface area contributed by atoms with Gasteiger partial charge in [0, 0.05) is 28.4 Å². The van der Waals surface area contributed by atoms with Crippen molar-refractivity contribution >= 4 is 33.3 Å². The largest absolute Gasteiger partial charge is 0.364 e. The molecule has 0 unspecified atom stereocenters. The van der Waals surface area contributed by atoms with Gasteiger partial charge in [-0.3, -0.25) is 0 Å². The molecule has 2 nitrogen and oxygen atoms in total. The highest BCUT2D eigenvalue weighted by molar-refractivity contribution is 9.11. The molecule has 0 aromatic carbocycles. The van der Waals surface area contributed by atoms with Crippen LogP contribution in [0.25, 0.3) is 17.3 Å². The summed E-state index contributed by atoms with van der Waals surface area (Å²) < 4.78 is 0.903. The molecule has 0 aliphatic heterocycles. The first-order chi connectivity index (χ1) is 7.72. The van der Waals surface area contributed by atoms with Crippen molar-refractivity contribution < 1.29 is 0 Å². The first kappa shape index (κ1) is 11.4. The first-order valence-electron chi connectivity index (χ1n) is 4.81. The second-order valence-electron chi connectivity index (χ2n) is 3.32. The number of aromatic amines is 1. The summed E-state index contributed by atoms with van der Waals surface area (Å²) in [4.78, 5) is 7.64. The number of hydrogen-bond acceptors (Lipinski definition) is 2. The Bertz CT molecular complexity index is 537. The zero-order valence-electron chi connectivity index (χ0n) is 8.83. The molecular formula is C12H11BrN2S. The van der Waals surface area contributed by atoms with Crippen LogP contribution in [0.4, 0.5) is 0 Å². The number of rotatable bonds is 3. The van der Waals surface area contributed by atoms with Crippen molar-refractivity contribution in [3.63, 3.8) is 0 Å². The third-order valence-electron chi connectivity index (χ3n) is 2.28. The van der Waals surface area contributed by atoms with Crippen molar-refractivity contribution in [1.29, 1.82) is 0 Å². The van der Waals surface area contributed by atoms with Crippen molar-refractivity contribution in [2.75, 3.05) is 0 Å². The molecule has 0 radical (unpaired) electrons. The van der Waals surface area contributed by atoms with Gasteiger partial charge in [-0.25, -0.2) is 4.98 Å². The summed E-state index contributed by atoms with van der Waals surface area (Å²) in [5, 5.41) is 2.04. The van der Waals surface area contributed by atoms with Gasteiger partial charge in [0.15, 0.2) is 3.92 Å². The summed E-state index contributed by atoms with van der Waals surface area (Å²) in [6.07, 6.45) is 7.73. The van der Waals surface area contributed by atoms with Crippen LogP contribution in [0.3, 0.4) is 0 Å². The Hall–Kier alpha value is -1.13. The van der Waals surface area contributed by atoms with Crippen LogP contribution >= 0.6 is 27.3 Å². The molecule has 2 heterocycles. The van der Waals surface area contributed by atoms with Gasteiger partial charge in [0.05, 0.1) is 5.69 Å². The fourth-order valence-electron chi connectivity index (χ4n) is 1.50. The van der Waals surface area contributed by atoms with E-state index in [0.29, 0.717) is 0 Å². The van der Waals surface area contributed by atoms with Crippen LogP contribution in [0.1, 0.15) is 11.3 Å². The summed E-state index contributed by atoms with van der Waals surface area (Å²) in [5.74, 6) is 0. The fraction of sp³-hybridized carbons (Fsp3) is 0.0833. The van der Waals surface area contributed by atoms with E-state index in [1.807, 2.05) is 30.7 Å². The maximum Gasteiger partial charge on any atom is 0.159 e. The molecule has 82 valence electrons. The highest BCUT2D eigenvalue weighted by Crippen LogP contribution is 2.30. The number of aromatic nitrogens is 2. The van der Waals surface area contributed by atoms with Crippen LogP contribution in [-0.2, 0) is 0 Å². The monoisotopic (exact) mass is 294 g/mol. The van der Waals surface area contributed by atoms with E-state index in [9.17, 15) is 0 Å². The molecule has 0 aliphatic rings. The molecule has 0 amide bonds. The molecule has 16 heavy (non-hydrogen) atoms. The minimum absolute atomic E-state index is 0.903. The number of halogens is 1. The highest BCUT2D eigenvalue weighted by atomic mass is 79.9. The fourth-order valence-corrected chi connectivity index (χ4v) is 2.52. The quantitative estimate of drug-likeness (QED) is 0.835. The van der Waals surface area contributed by atoms with Gasteiger partial charge >= 0.3 is 0 Å². The normalized spacial score (nSPS) is 11.1. The summed E-state index contributed by atoms with van der Waals surface area (Å²) in [5.41, 5.74) is 4.41. The average molecular weight is 295 g/mol. The Morgan fingerprint density at radius 2 is 2.38 bits per heavy atom. The lowest BCUT2D eigenvalue weighted by Gasteiger charge is -1.96. The molecule has 2 aromatic heterocycles. The molecule has 0 atom stereocenters. The lowest BCUT2D eigenvalue weighted by Crippen LogP contribution is -1.79. The Labute approximate surface area is 107 Å². The topological polar surface area (TPSA) is 28.7 Å². The lowest BCUT2D eigenvalue weighted by molar-refractivity contribution is 1.26. The Morgan fingerprint density at radius 1 is 1.56 bits per heavy atom. The van der Waals surface area contributed by atoms with Crippen molar-refractivity contribution in [2.24, 2.45) is 0 Å². The van der Waals surface area contributed by atoms with E-state index < -0.39 is 0 Å². The number of thiazole rings is 1.